The zero-order valence-electron chi connectivity index (χ0n) is 14.9. The van der Waals surface area contributed by atoms with Crippen LogP contribution in [-0.2, 0) is 17.8 Å². The molecule has 0 radical (unpaired) electrons. The number of hydrogen-bond acceptors (Lipinski definition) is 2. The monoisotopic (exact) mass is 372 g/mol. The number of nitrogens with zero attached hydrogens (tertiary/aromatic N) is 2. The minimum absolute atomic E-state index is 0.0333. The largest absolute Gasteiger partial charge is 0.332 e. The molecule has 0 N–H and O–H groups in total. The molecule has 1 fully saturated rings. The standard InChI is InChI=1S/C23H20N2OS/c26-22-21(16-18-10-4-1-5-11-18)24(17-19-12-6-2-7-13-19)23(27)25(22)20-14-8-3-9-15-20/h1-15,21H,16-17H2/t21-/m0/s1. The Hall–Kier alpha value is -2.98. The lowest BCUT2D eigenvalue weighted by atomic mass is 10.0. The molecule has 4 rings (SSSR count). The third kappa shape index (κ3) is 3.62. The van der Waals surface area contributed by atoms with Crippen molar-refractivity contribution in [3.05, 3.63) is 102 Å². The molecule has 3 aromatic carbocycles. The summed E-state index contributed by atoms with van der Waals surface area (Å²) in [7, 11) is 0. The van der Waals surface area contributed by atoms with Crippen molar-refractivity contribution in [1.82, 2.24) is 4.90 Å². The molecule has 1 amide bonds. The van der Waals surface area contributed by atoms with E-state index in [2.05, 4.69) is 24.3 Å². The Kier molecular flexibility index (Phi) is 4.99. The predicted molar refractivity (Wildman–Crippen MR) is 112 cm³/mol. The van der Waals surface area contributed by atoms with Gasteiger partial charge in [0.25, 0.3) is 5.91 Å². The van der Waals surface area contributed by atoms with Crippen molar-refractivity contribution in [1.29, 1.82) is 0 Å². The van der Waals surface area contributed by atoms with Crippen LogP contribution in [0.1, 0.15) is 11.1 Å². The molecule has 0 aromatic heterocycles. The van der Waals surface area contributed by atoms with Gasteiger partial charge in [0.05, 0.1) is 5.69 Å². The normalized spacial score (nSPS) is 16.8. The molecular weight excluding hydrogens is 352 g/mol. The number of benzene rings is 3. The van der Waals surface area contributed by atoms with Crippen molar-refractivity contribution in [3.63, 3.8) is 0 Å². The van der Waals surface area contributed by atoms with E-state index in [4.69, 9.17) is 12.2 Å². The summed E-state index contributed by atoms with van der Waals surface area (Å²) in [5, 5.41) is 0.566. The van der Waals surface area contributed by atoms with Crippen molar-refractivity contribution in [2.45, 2.75) is 19.0 Å². The molecule has 0 unspecified atom stereocenters. The first kappa shape index (κ1) is 17.4. The first-order valence-electron chi connectivity index (χ1n) is 9.01. The first-order chi connectivity index (χ1) is 13.2. The lowest BCUT2D eigenvalue weighted by molar-refractivity contribution is -0.119. The quantitative estimate of drug-likeness (QED) is 0.619. The van der Waals surface area contributed by atoms with Crippen molar-refractivity contribution < 1.29 is 4.79 Å². The van der Waals surface area contributed by atoms with Crippen LogP contribution >= 0.6 is 12.2 Å². The predicted octanol–water partition coefficient (Wildman–Crippen LogP) is 4.43. The second-order valence-electron chi connectivity index (χ2n) is 6.61. The van der Waals surface area contributed by atoms with Gasteiger partial charge in [-0.05, 0) is 35.5 Å². The third-order valence-corrected chi connectivity index (χ3v) is 5.22. The molecule has 1 saturated heterocycles. The Morgan fingerprint density at radius 3 is 1.85 bits per heavy atom. The number of para-hydroxylation sites is 1. The topological polar surface area (TPSA) is 23.6 Å². The Morgan fingerprint density at radius 2 is 1.26 bits per heavy atom. The number of amides is 1. The molecule has 1 aliphatic heterocycles. The molecular formula is C23H20N2OS. The van der Waals surface area contributed by atoms with E-state index >= 15 is 0 Å². The Bertz CT molecular complexity index is 869. The summed E-state index contributed by atoms with van der Waals surface area (Å²) in [6.45, 7) is 0.617. The van der Waals surface area contributed by atoms with Crippen LogP contribution in [0.4, 0.5) is 5.69 Å². The summed E-state index contributed by atoms with van der Waals surface area (Å²) in [4.78, 5) is 17.0. The summed E-state index contributed by atoms with van der Waals surface area (Å²) in [6.07, 6.45) is 0.635. The van der Waals surface area contributed by atoms with E-state index < -0.39 is 0 Å². The number of hydrogen-bond donors (Lipinski definition) is 0. The molecule has 0 bridgehead atoms. The zero-order chi connectivity index (χ0) is 18.6. The highest BCUT2D eigenvalue weighted by molar-refractivity contribution is 7.80. The Labute approximate surface area is 164 Å². The zero-order valence-corrected chi connectivity index (χ0v) is 15.7. The fraction of sp³-hybridized carbons (Fsp3) is 0.130. The van der Waals surface area contributed by atoms with Crippen molar-refractivity contribution in [2.75, 3.05) is 4.90 Å². The highest BCUT2D eigenvalue weighted by Gasteiger charge is 2.42. The average molecular weight is 372 g/mol. The second-order valence-corrected chi connectivity index (χ2v) is 6.98. The van der Waals surface area contributed by atoms with Crippen molar-refractivity contribution in [2.24, 2.45) is 0 Å². The minimum Gasteiger partial charge on any atom is -0.332 e. The molecule has 3 aromatic rings. The van der Waals surface area contributed by atoms with E-state index in [1.807, 2.05) is 71.6 Å². The fourth-order valence-corrected chi connectivity index (χ4v) is 3.83. The SMILES string of the molecule is O=C1[C@H](Cc2ccccc2)N(Cc2ccccc2)C(=S)N1c1ccccc1. The van der Waals surface area contributed by atoms with Crippen molar-refractivity contribution in [3.8, 4) is 0 Å². The van der Waals surface area contributed by atoms with E-state index in [1.165, 1.54) is 0 Å². The summed E-state index contributed by atoms with van der Waals surface area (Å²) < 4.78 is 0. The second kappa shape index (κ2) is 7.72. The summed E-state index contributed by atoms with van der Waals surface area (Å²) >= 11 is 5.74. The third-order valence-electron chi connectivity index (χ3n) is 4.80. The number of carbonyl (C=O) groups excluding carboxylic acids is 1. The van der Waals surface area contributed by atoms with Gasteiger partial charge in [0.1, 0.15) is 6.04 Å². The maximum Gasteiger partial charge on any atom is 0.256 e. The van der Waals surface area contributed by atoms with Gasteiger partial charge in [-0.15, -0.1) is 0 Å². The molecule has 1 aliphatic rings. The maximum absolute atomic E-state index is 13.3. The van der Waals surface area contributed by atoms with Crippen LogP contribution in [0.2, 0.25) is 0 Å². The van der Waals surface area contributed by atoms with Crippen LogP contribution in [0, 0.1) is 0 Å². The van der Waals surface area contributed by atoms with Crippen LogP contribution in [0.3, 0.4) is 0 Å². The van der Waals surface area contributed by atoms with Gasteiger partial charge in [-0.1, -0.05) is 78.9 Å². The van der Waals surface area contributed by atoms with Crippen LogP contribution in [0.15, 0.2) is 91.0 Å². The molecule has 1 heterocycles. The lowest BCUT2D eigenvalue weighted by Crippen LogP contribution is -2.36. The van der Waals surface area contributed by atoms with Crippen LogP contribution in [0.25, 0.3) is 0 Å². The van der Waals surface area contributed by atoms with Gasteiger partial charge >= 0.3 is 0 Å². The highest BCUT2D eigenvalue weighted by Crippen LogP contribution is 2.28. The number of thiocarbonyl (C=S) groups is 1. The van der Waals surface area contributed by atoms with Gasteiger partial charge in [0, 0.05) is 13.0 Å². The molecule has 1 atom stereocenters. The van der Waals surface area contributed by atoms with Gasteiger partial charge in [-0.2, -0.15) is 0 Å². The smallest absolute Gasteiger partial charge is 0.256 e. The number of rotatable bonds is 5. The van der Waals surface area contributed by atoms with Gasteiger partial charge in [-0.25, -0.2) is 0 Å². The first-order valence-corrected chi connectivity index (χ1v) is 9.42. The summed E-state index contributed by atoms with van der Waals surface area (Å²) in [5.41, 5.74) is 3.09. The molecule has 27 heavy (non-hydrogen) atoms. The lowest BCUT2D eigenvalue weighted by Gasteiger charge is -2.24. The molecule has 3 nitrogen and oxygen atoms in total. The van der Waals surface area contributed by atoms with Crippen LogP contribution in [-0.4, -0.2) is 22.0 Å². The van der Waals surface area contributed by atoms with E-state index in [0.717, 1.165) is 16.8 Å². The molecule has 134 valence electrons. The van der Waals surface area contributed by atoms with Gasteiger partial charge in [-0.3, -0.25) is 9.69 Å². The van der Waals surface area contributed by atoms with Gasteiger partial charge < -0.3 is 4.90 Å². The molecule has 0 aliphatic carbocycles. The van der Waals surface area contributed by atoms with E-state index in [1.54, 1.807) is 4.90 Å². The van der Waals surface area contributed by atoms with E-state index in [9.17, 15) is 4.79 Å². The van der Waals surface area contributed by atoms with Gasteiger partial charge in [0.2, 0.25) is 0 Å². The summed E-state index contributed by atoms with van der Waals surface area (Å²) in [6, 6.07) is 29.6. The van der Waals surface area contributed by atoms with E-state index in [0.29, 0.717) is 18.1 Å². The molecule has 0 spiro atoms. The average Bonchev–Trinajstić information content (AvgIpc) is 2.94. The molecule has 4 heteroatoms. The van der Waals surface area contributed by atoms with E-state index in [-0.39, 0.29) is 11.9 Å². The highest BCUT2D eigenvalue weighted by atomic mass is 32.1. The Morgan fingerprint density at radius 1 is 0.741 bits per heavy atom. The maximum atomic E-state index is 13.3. The summed E-state index contributed by atoms with van der Waals surface area (Å²) in [5.74, 6) is 0.0333. The van der Waals surface area contributed by atoms with Crippen LogP contribution < -0.4 is 4.90 Å². The van der Waals surface area contributed by atoms with Gasteiger partial charge in [0.15, 0.2) is 5.11 Å². The van der Waals surface area contributed by atoms with Crippen LogP contribution in [0.5, 0.6) is 0 Å². The number of carbonyl (C=O) groups is 1. The molecule has 0 saturated carbocycles. The Balaban J connectivity index is 1.68. The van der Waals surface area contributed by atoms with Crippen molar-refractivity contribution >= 4 is 28.9 Å². The minimum atomic E-state index is -0.305. The number of anilines is 1. The fourth-order valence-electron chi connectivity index (χ4n) is 3.45.